The van der Waals surface area contributed by atoms with Gasteiger partial charge in [-0.2, -0.15) is 0 Å². The van der Waals surface area contributed by atoms with Crippen LogP contribution in [0.5, 0.6) is 0 Å². The first kappa shape index (κ1) is 13.6. The third-order valence-corrected chi connectivity index (χ3v) is 4.87. The Hall–Kier alpha value is -0.380. The van der Waals surface area contributed by atoms with Gasteiger partial charge < -0.3 is 5.32 Å². The summed E-state index contributed by atoms with van der Waals surface area (Å²) < 4.78 is 1.18. The lowest BCUT2D eigenvalue weighted by Crippen LogP contribution is -2.35. The SMILES string of the molecule is CCC(NC1CCN(C2CC2)C1)c1cccc(Br)c1. The zero-order valence-electron chi connectivity index (χ0n) is 11.6. The summed E-state index contributed by atoms with van der Waals surface area (Å²) >= 11 is 3.57. The Kier molecular flexibility index (Phi) is 4.25. The Morgan fingerprint density at radius 1 is 1.37 bits per heavy atom. The van der Waals surface area contributed by atoms with E-state index in [4.69, 9.17) is 0 Å². The zero-order chi connectivity index (χ0) is 13.2. The Bertz CT molecular complexity index is 431. The summed E-state index contributed by atoms with van der Waals surface area (Å²) in [6.45, 7) is 4.80. The molecule has 1 aliphatic carbocycles. The minimum absolute atomic E-state index is 0.488. The molecule has 1 aromatic rings. The molecule has 3 rings (SSSR count). The van der Waals surface area contributed by atoms with E-state index in [1.165, 1.54) is 42.4 Å². The number of halogens is 1. The van der Waals surface area contributed by atoms with E-state index in [1.807, 2.05) is 0 Å². The highest BCUT2D eigenvalue weighted by Gasteiger charge is 2.34. The standard InChI is InChI=1S/C16H23BrN2/c1-2-16(12-4-3-5-13(17)10-12)18-14-8-9-19(11-14)15-6-7-15/h3-5,10,14-16,18H,2,6-9,11H2,1H3. The molecular weight excluding hydrogens is 300 g/mol. The van der Waals surface area contributed by atoms with Crippen LogP contribution >= 0.6 is 15.9 Å². The first-order valence-corrected chi connectivity index (χ1v) is 8.31. The quantitative estimate of drug-likeness (QED) is 0.888. The number of hydrogen-bond acceptors (Lipinski definition) is 2. The van der Waals surface area contributed by atoms with Gasteiger partial charge in [0, 0.05) is 35.7 Å². The van der Waals surface area contributed by atoms with Gasteiger partial charge in [0.1, 0.15) is 0 Å². The summed E-state index contributed by atoms with van der Waals surface area (Å²) in [7, 11) is 0. The maximum absolute atomic E-state index is 3.86. The van der Waals surface area contributed by atoms with E-state index >= 15 is 0 Å². The molecule has 1 aliphatic heterocycles. The van der Waals surface area contributed by atoms with Crippen molar-refractivity contribution in [3.05, 3.63) is 34.3 Å². The molecule has 2 aliphatic rings. The second-order valence-electron chi connectivity index (χ2n) is 5.89. The molecule has 1 saturated carbocycles. The summed E-state index contributed by atoms with van der Waals surface area (Å²) in [6.07, 6.45) is 5.31. The molecule has 2 fully saturated rings. The van der Waals surface area contributed by atoms with Crippen LogP contribution in [0.2, 0.25) is 0 Å². The molecule has 19 heavy (non-hydrogen) atoms. The van der Waals surface area contributed by atoms with Gasteiger partial charge in [0.15, 0.2) is 0 Å². The molecule has 1 saturated heterocycles. The van der Waals surface area contributed by atoms with Crippen molar-refractivity contribution in [3.63, 3.8) is 0 Å². The Labute approximate surface area is 124 Å². The van der Waals surface area contributed by atoms with Gasteiger partial charge >= 0.3 is 0 Å². The molecule has 1 heterocycles. The maximum Gasteiger partial charge on any atom is 0.0320 e. The monoisotopic (exact) mass is 322 g/mol. The van der Waals surface area contributed by atoms with Crippen LogP contribution < -0.4 is 5.32 Å². The fourth-order valence-electron chi connectivity index (χ4n) is 3.15. The molecular formula is C16H23BrN2. The average molecular weight is 323 g/mol. The van der Waals surface area contributed by atoms with Gasteiger partial charge in [0.25, 0.3) is 0 Å². The Morgan fingerprint density at radius 3 is 2.89 bits per heavy atom. The molecule has 104 valence electrons. The minimum Gasteiger partial charge on any atom is -0.306 e. The van der Waals surface area contributed by atoms with Crippen LogP contribution in [-0.4, -0.2) is 30.1 Å². The van der Waals surface area contributed by atoms with Gasteiger partial charge in [0.2, 0.25) is 0 Å². The predicted octanol–water partition coefficient (Wildman–Crippen LogP) is 3.73. The van der Waals surface area contributed by atoms with Crippen LogP contribution in [0.4, 0.5) is 0 Å². The summed E-state index contributed by atoms with van der Waals surface area (Å²) in [4.78, 5) is 2.67. The molecule has 1 aromatic carbocycles. The number of rotatable bonds is 5. The average Bonchev–Trinajstić information content (AvgIpc) is 3.16. The lowest BCUT2D eigenvalue weighted by molar-refractivity contribution is 0.311. The highest BCUT2D eigenvalue weighted by atomic mass is 79.9. The first-order valence-electron chi connectivity index (χ1n) is 7.52. The van der Waals surface area contributed by atoms with E-state index < -0.39 is 0 Å². The van der Waals surface area contributed by atoms with E-state index in [1.54, 1.807) is 0 Å². The number of hydrogen-bond donors (Lipinski definition) is 1. The lowest BCUT2D eigenvalue weighted by Gasteiger charge is -2.23. The van der Waals surface area contributed by atoms with E-state index in [0.29, 0.717) is 12.1 Å². The number of nitrogens with zero attached hydrogens (tertiary/aromatic N) is 1. The molecule has 0 aromatic heterocycles. The van der Waals surface area contributed by atoms with E-state index in [9.17, 15) is 0 Å². The second-order valence-corrected chi connectivity index (χ2v) is 6.81. The van der Waals surface area contributed by atoms with Crippen LogP contribution in [0.3, 0.4) is 0 Å². The second kappa shape index (κ2) is 5.94. The molecule has 0 radical (unpaired) electrons. The Balaban J connectivity index is 1.60. The zero-order valence-corrected chi connectivity index (χ0v) is 13.2. The largest absolute Gasteiger partial charge is 0.306 e. The fourth-order valence-corrected chi connectivity index (χ4v) is 3.57. The maximum atomic E-state index is 3.86. The predicted molar refractivity (Wildman–Crippen MR) is 83.3 cm³/mol. The molecule has 0 amide bonds. The molecule has 2 nitrogen and oxygen atoms in total. The van der Waals surface area contributed by atoms with E-state index in [2.05, 4.69) is 57.3 Å². The molecule has 0 spiro atoms. The van der Waals surface area contributed by atoms with Crippen molar-refractivity contribution in [2.45, 2.75) is 50.7 Å². The third kappa shape index (κ3) is 3.39. The highest BCUT2D eigenvalue weighted by molar-refractivity contribution is 9.10. The van der Waals surface area contributed by atoms with Gasteiger partial charge in [0.05, 0.1) is 0 Å². The third-order valence-electron chi connectivity index (χ3n) is 4.38. The molecule has 2 unspecified atom stereocenters. The van der Waals surface area contributed by atoms with Crippen molar-refractivity contribution in [1.82, 2.24) is 10.2 Å². The molecule has 2 atom stereocenters. The van der Waals surface area contributed by atoms with Crippen LogP contribution in [0.25, 0.3) is 0 Å². The van der Waals surface area contributed by atoms with Crippen molar-refractivity contribution in [2.75, 3.05) is 13.1 Å². The first-order chi connectivity index (χ1) is 9.26. The molecule has 1 N–H and O–H groups in total. The van der Waals surface area contributed by atoms with Crippen LogP contribution in [0, 0.1) is 0 Å². The topological polar surface area (TPSA) is 15.3 Å². The number of nitrogens with one attached hydrogen (secondary N) is 1. The minimum atomic E-state index is 0.488. The van der Waals surface area contributed by atoms with Crippen molar-refractivity contribution in [3.8, 4) is 0 Å². The molecule has 0 bridgehead atoms. The molecule has 3 heteroatoms. The van der Waals surface area contributed by atoms with E-state index in [0.717, 1.165) is 12.5 Å². The van der Waals surface area contributed by atoms with Crippen LogP contribution in [-0.2, 0) is 0 Å². The summed E-state index contributed by atoms with van der Waals surface area (Å²) in [5.41, 5.74) is 1.40. The van der Waals surface area contributed by atoms with Crippen LogP contribution in [0.1, 0.15) is 44.2 Å². The van der Waals surface area contributed by atoms with Gasteiger partial charge in [-0.1, -0.05) is 35.0 Å². The van der Waals surface area contributed by atoms with Gasteiger partial charge in [-0.25, -0.2) is 0 Å². The van der Waals surface area contributed by atoms with E-state index in [-0.39, 0.29) is 0 Å². The van der Waals surface area contributed by atoms with Gasteiger partial charge in [-0.05, 0) is 43.4 Å². The fraction of sp³-hybridized carbons (Fsp3) is 0.625. The highest BCUT2D eigenvalue weighted by Crippen LogP contribution is 2.30. The smallest absolute Gasteiger partial charge is 0.0320 e. The normalized spacial score (nSPS) is 25.7. The summed E-state index contributed by atoms with van der Waals surface area (Å²) in [5, 5.41) is 3.86. The van der Waals surface area contributed by atoms with Crippen molar-refractivity contribution in [2.24, 2.45) is 0 Å². The number of benzene rings is 1. The number of likely N-dealkylation sites (tertiary alicyclic amines) is 1. The van der Waals surface area contributed by atoms with Gasteiger partial charge in [-0.3, -0.25) is 4.90 Å². The summed E-state index contributed by atoms with van der Waals surface area (Å²) in [6, 6.07) is 10.8. The van der Waals surface area contributed by atoms with Crippen molar-refractivity contribution in [1.29, 1.82) is 0 Å². The van der Waals surface area contributed by atoms with Gasteiger partial charge in [-0.15, -0.1) is 0 Å². The van der Waals surface area contributed by atoms with Crippen molar-refractivity contribution >= 4 is 15.9 Å². The lowest BCUT2D eigenvalue weighted by atomic mass is 10.0. The van der Waals surface area contributed by atoms with Crippen molar-refractivity contribution < 1.29 is 0 Å². The van der Waals surface area contributed by atoms with Crippen LogP contribution in [0.15, 0.2) is 28.7 Å². The summed E-state index contributed by atoms with van der Waals surface area (Å²) in [5.74, 6) is 0. The Morgan fingerprint density at radius 2 is 2.21 bits per heavy atom.